The Morgan fingerprint density at radius 1 is 1.17 bits per heavy atom. The minimum Gasteiger partial charge on any atom is -0.457 e. The summed E-state index contributed by atoms with van der Waals surface area (Å²) in [5.74, 6) is 2.29. The number of carbonyl (C=O) groups is 1. The lowest BCUT2D eigenvalue weighted by Crippen LogP contribution is -2.25. The fourth-order valence-corrected chi connectivity index (χ4v) is 2.76. The van der Waals surface area contributed by atoms with Crippen molar-refractivity contribution in [2.75, 3.05) is 6.79 Å². The highest BCUT2D eigenvalue weighted by molar-refractivity contribution is 5.75. The average molecular weight is 318 g/mol. The molecule has 1 unspecified atom stereocenters. The van der Waals surface area contributed by atoms with Crippen molar-refractivity contribution in [2.45, 2.75) is 66.2 Å². The van der Waals surface area contributed by atoms with E-state index in [0.717, 1.165) is 11.7 Å². The summed E-state index contributed by atoms with van der Waals surface area (Å²) in [5.41, 5.74) is 1.91. The zero-order chi connectivity index (χ0) is 17.2. The van der Waals surface area contributed by atoms with E-state index < -0.39 is 5.41 Å². The summed E-state index contributed by atoms with van der Waals surface area (Å²) in [6, 6.07) is 6.36. The topological polar surface area (TPSA) is 35.5 Å². The highest BCUT2D eigenvalue weighted by atomic mass is 16.7. The molecule has 1 aromatic carbocycles. The Balaban J connectivity index is 2.16. The molecule has 0 saturated heterocycles. The Kier molecular flexibility index (Phi) is 5.38. The van der Waals surface area contributed by atoms with Crippen molar-refractivity contribution in [2.24, 2.45) is 11.3 Å². The van der Waals surface area contributed by atoms with Crippen LogP contribution in [-0.2, 0) is 9.53 Å². The summed E-state index contributed by atoms with van der Waals surface area (Å²) in [7, 11) is 0. The minimum atomic E-state index is -0.509. The summed E-state index contributed by atoms with van der Waals surface area (Å²) >= 11 is 0. The van der Waals surface area contributed by atoms with E-state index in [-0.39, 0.29) is 12.8 Å². The van der Waals surface area contributed by atoms with Gasteiger partial charge >= 0.3 is 5.97 Å². The van der Waals surface area contributed by atoms with E-state index in [1.807, 2.05) is 20.8 Å². The van der Waals surface area contributed by atoms with Gasteiger partial charge in [0.05, 0.1) is 5.41 Å². The fourth-order valence-electron chi connectivity index (χ4n) is 2.76. The zero-order valence-corrected chi connectivity index (χ0v) is 15.3. The molecule has 1 fully saturated rings. The third-order valence-corrected chi connectivity index (χ3v) is 4.52. The molecule has 0 N–H and O–H groups in total. The van der Waals surface area contributed by atoms with Gasteiger partial charge in [-0.25, -0.2) is 0 Å². The number of hydrogen-bond donors (Lipinski definition) is 0. The van der Waals surface area contributed by atoms with Crippen LogP contribution >= 0.6 is 0 Å². The van der Waals surface area contributed by atoms with E-state index >= 15 is 0 Å². The minimum absolute atomic E-state index is 0.0236. The lowest BCUT2D eigenvalue weighted by atomic mass is 9.90. The molecule has 1 saturated carbocycles. The molecule has 23 heavy (non-hydrogen) atoms. The maximum absolute atomic E-state index is 11.9. The first-order chi connectivity index (χ1) is 10.7. The third-order valence-electron chi connectivity index (χ3n) is 4.52. The van der Waals surface area contributed by atoms with E-state index in [1.165, 1.54) is 24.0 Å². The SMILES string of the molecule is CC(C)c1cccc(C(C)C2CC2)c1OCOC(=O)C(C)(C)C. The van der Waals surface area contributed by atoms with E-state index in [9.17, 15) is 4.79 Å². The molecule has 128 valence electrons. The van der Waals surface area contributed by atoms with Crippen molar-refractivity contribution in [3.8, 4) is 5.75 Å². The van der Waals surface area contributed by atoms with Crippen LogP contribution in [0, 0.1) is 11.3 Å². The van der Waals surface area contributed by atoms with Crippen LogP contribution in [-0.4, -0.2) is 12.8 Å². The van der Waals surface area contributed by atoms with Gasteiger partial charge in [-0.1, -0.05) is 39.0 Å². The van der Waals surface area contributed by atoms with Crippen molar-refractivity contribution in [1.29, 1.82) is 0 Å². The summed E-state index contributed by atoms with van der Waals surface area (Å²) in [6.45, 7) is 12.1. The van der Waals surface area contributed by atoms with Crippen LogP contribution in [0.5, 0.6) is 5.75 Å². The molecule has 1 atom stereocenters. The molecule has 3 nitrogen and oxygen atoms in total. The summed E-state index contributed by atoms with van der Waals surface area (Å²) in [6.07, 6.45) is 2.59. The van der Waals surface area contributed by atoms with Crippen LogP contribution in [0.15, 0.2) is 18.2 Å². The lowest BCUT2D eigenvalue weighted by molar-refractivity contribution is -0.159. The Morgan fingerprint density at radius 3 is 2.30 bits per heavy atom. The highest BCUT2D eigenvalue weighted by Crippen LogP contribution is 2.46. The molecule has 0 aromatic heterocycles. The predicted molar refractivity (Wildman–Crippen MR) is 92.7 cm³/mol. The molecule has 0 radical (unpaired) electrons. The van der Waals surface area contributed by atoms with Crippen LogP contribution in [0.4, 0.5) is 0 Å². The van der Waals surface area contributed by atoms with Gasteiger partial charge in [0.2, 0.25) is 6.79 Å². The van der Waals surface area contributed by atoms with Gasteiger partial charge in [0.25, 0.3) is 0 Å². The second-order valence-electron chi connectivity index (χ2n) is 7.99. The van der Waals surface area contributed by atoms with Crippen molar-refractivity contribution >= 4 is 5.97 Å². The number of ether oxygens (including phenoxy) is 2. The number of para-hydroxylation sites is 1. The van der Waals surface area contributed by atoms with E-state index in [0.29, 0.717) is 11.8 Å². The van der Waals surface area contributed by atoms with E-state index in [2.05, 4.69) is 39.0 Å². The Labute approximate surface area is 140 Å². The maximum atomic E-state index is 11.9. The fraction of sp³-hybridized carbons (Fsp3) is 0.650. The predicted octanol–water partition coefficient (Wildman–Crippen LogP) is 5.25. The van der Waals surface area contributed by atoms with Crippen molar-refractivity contribution < 1.29 is 14.3 Å². The second kappa shape index (κ2) is 6.94. The number of benzene rings is 1. The highest BCUT2D eigenvalue weighted by Gasteiger charge is 2.31. The molecule has 1 aliphatic rings. The molecule has 3 heteroatoms. The van der Waals surface area contributed by atoms with Gasteiger partial charge in [-0.05, 0) is 62.5 Å². The molecule has 0 bridgehead atoms. The number of hydrogen-bond acceptors (Lipinski definition) is 3. The monoisotopic (exact) mass is 318 g/mol. The molecule has 0 spiro atoms. The van der Waals surface area contributed by atoms with E-state index in [1.54, 1.807) is 0 Å². The quantitative estimate of drug-likeness (QED) is 0.531. The number of esters is 1. The van der Waals surface area contributed by atoms with Crippen LogP contribution in [0.3, 0.4) is 0 Å². The number of carbonyl (C=O) groups excluding carboxylic acids is 1. The Morgan fingerprint density at radius 2 is 1.78 bits per heavy atom. The second-order valence-corrected chi connectivity index (χ2v) is 7.99. The van der Waals surface area contributed by atoms with Gasteiger partial charge in [-0.3, -0.25) is 4.79 Å². The van der Waals surface area contributed by atoms with Gasteiger partial charge < -0.3 is 9.47 Å². The Hall–Kier alpha value is -1.51. The maximum Gasteiger partial charge on any atom is 0.314 e. The van der Waals surface area contributed by atoms with Crippen LogP contribution in [0.1, 0.15) is 77.3 Å². The first kappa shape index (κ1) is 17.8. The Bertz CT molecular complexity index is 550. The molecule has 0 amide bonds. The molecule has 0 heterocycles. The molecule has 2 rings (SSSR count). The first-order valence-electron chi connectivity index (χ1n) is 8.64. The van der Waals surface area contributed by atoms with Gasteiger partial charge in [-0.2, -0.15) is 0 Å². The average Bonchev–Trinajstić information content (AvgIpc) is 3.29. The summed E-state index contributed by atoms with van der Waals surface area (Å²) < 4.78 is 11.2. The molecular formula is C20H30O3. The molecule has 1 aliphatic carbocycles. The van der Waals surface area contributed by atoms with Crippen molar-refractivity contribution in [3.05, 3.63) is 29.3 Å². The molecule has 1 aromatic rings. The lowest BCUT2D eigenvalue weighted by Gasteiger charge is -2.22. The largest absolute Gasteiger partial charge is 0.457 e. The standard InChI is InChI=1S/C20H30O3/c1-13(2)16-8-7-9-17(14(3)15-10-11-15)18(16)22-12-23-19(21)20(4,5)6/h7-9,13-15H,10-12H2,1-6H3. The molecular weight excluding hydrogens is 288 g/mol. The third kappa shape index (κ3) is 4.49. The van der Waals surface area contributed by atoms with E-state index in [4.69, 9.17) is 9.47 Å². The number of rotatable bonds is 6. The van der Waals surface area contributed by atoms with Crippen LogP contribution in [0.2, 0.25) is 0 Å². The van der Waals surface area contributed by atoms with Gasteiger partial charge in [-0.15, -0.1) is 0 Å². The van der Waals surface area contributed by atoms with Gasteiger partial charge in [0, 0.05) is 0 Å². The van der Waals surface area contributed by atoms with Crippen LogP contribution < -0.4 is 4.74 Å². The molecule has 0 aliphatic heterocycles. The van der Waals surface area contributed by atoms with Crippen molar-refractivity contribution in [1.82, 2.24) is 0 Å². The van der Waals surface area contributed by atoms with Gasteiger partial charge in [0.15, 0.2) is 0 Å². The first-order valence-corrected chi connectivity index (χ1v) is 8.64. The normalized spacial score (nSPS) is 16.3. The summed E-state index contributed by atoms with van der Waals surface area (Å²) in [5, 5.41) is 0. The van der Waals surface area contributed by atoms with Crippen LogP contribution in [0.25, 0.3) is 0 Å². The van der Waals surface area contributed by atoms with Crippen molar-refractivity contribution in [3.63, 3.8) is 0 Å². The smallest absolute Gasteiger partial charge is 0.314 e. The summed E-state index contributed by atoms with van der Waals surface area (Å²) in [4.78, 5) is 11.9. The van der Waals surface area contributed by atoms with Gasteiger partial charge in [0.1, 0.15) is 5.75 Å². The zero-order valence-electron chi connectivity index (χ0n) is 15.3.